The molecule has 0 bridgehead atoms. The molecule has 1 atom stereocenters. The van der Waals surface area contributed by atoms with Crippen molar-refractivity contribution in [2.75, 3.05) is 10.7 Å². The summed E-state index contributed by atoms with van der Waals surface area (Å²) >= 11 is 4.96. The zero-order valence-corrected chi connectivity index (χ0v) is 18.4. The molecule has 0 radical (unpaired) electrons. The van der Waals surface area contributed by atoms with E-state index in [2.05, 4.69) is 31.1 Å². The minimum atomic E-state index is -0.658. The van der Waals surface area contributed by atoms with Crippen LogP contribution in [-0.4, -0.2) is 26.8 Å². The van der Waals surface area contributed by atoms with Gasteiger partial charge in [0.05, 0.1) is 5.69 Å². The Morgan fingerprint density at radius 2 is 1.90 bits per heavy atom. The molecule has 0 N–H and O–H groups in total. The maximum atomic E-state index is 13.0. The van der Waals surface area contributed by atoms with Gasteiger partial charge in [0.25, 0.3) is 0 Å². The number of ether oxygens (including phenoxy) is 1. The summed E-state index contributed by atoms with van der Waals surface area (Å²) in [7, 11) is 0. The number of para-hydroxylation sites is 1. The number of carbonyl (C=O) groups excluding carboxylic acids is 1. The molecule has 0 saturated carbocycles. The van der Waals surface area contributed by atoms with Gasteiger partial charge in [-0.25, -0.2) is 0 Å². The third-order valence-corrected chi connectivity index (χ3v) is 5.76. The van der Waals surface area contributed by atoms with Crippen molar-refractivity contribution in [2.45, 2.75) is 31.7 Å². The molecule has 0 fully saturated rings. The number of aromatic nitrogens is 3. The van der Waals surface area contributed by atoms with Crippen LogP contribution < -0.4 is 9.64 Å². The first-order valence-electron chi connectivity index (χ1n) is 9.33. The molecule has 148 valence electrons. The highest BCUT2D eigenvalue weighted by atomic mass is 79.9. The zero-order valence-electron chi connectivity index (χ0n) is 16.0. The summed E-state index contributed by atoms with van der Waals surface area (Å²) in [5, 5.41) is 9.18. The van der Waals surface area contributed by atoms with E-state index in [0.717, 1.165) is 27.0 Å². The number of halogens is 1. The molecule has 1 aromatic heterocycles. The Morgan fingerprint density at radius 3 is 2.62 bits per heavy atom. The predicted octanol–water partition coefficient (Wildman–Crippen LogP) is 5.25. The Balaban J connectivity index is 1.94. The van der Waals surface area contributed by atoms with Gasteiger partial charge in [0.2, 0.25) is 23.2 Å². The van der Waals surface area contributed by atoms with Crippen LogP contribution in [0.2, 0.25) is 0 Å². The van der Waals surface area contributed by atoms with E-state index in [1.54, 1.807) is 4.90 Å². The molecule has 0 saturated heterocycles. The van der Waals surface area contributed by atoms with Crippen LogP contribution in [0.5, 0.6) is 5.88 Å². The van der Waals surface area contributed by atoms with Gasteiger partial charge in [-0.05, 0) is 24.0 Å². The van der Waals surface area contributed by atoms with Gasteiger partial charge in [-0.1, -0.05) is 71.9 Å². The maximum absolute atomic E-state index is 13.0. The van der Waals surface area contributed by atoms with Gasteiger partial charge in [0.1, 0.15) is 0 Å². The van der Waals surface area contributed by atoms with Crippen LogP contribution in [0, 0.1) is 0 Å². The van der Waals surface area contributed by atoms with Crippen LogP contribution >= 0.6 is 27.7 Å². The van der Waals surface area contributed by atoms with E-state index in [4.69, 9.17) is 4.74 Å². The average Bonchev–Trinajstić information content (AvgIpc) is 2.88. The molecule has 2 heterocycles. The van der Waals surface area contributed by atoms with Crippen molar-refractivity contribution in [3.8, 4) is 17.1 Å². The van der Waals surface area contributed by atoms with Gasteiger partial charge < -0.3 is 4.74 Å². The van der Waals surface area contributed by atoms with Gasteiger partial charge in [-0.3, -0.25) is 9.69 Å². The second kappa shape index (κ2) is 8.51. The summed E-state index contributed by atoms with van der Waals surface area (Å²) in [5.74, 6) is 1.16. The molecule has 0 unspecified atom stereocenters. The quantitative estimate of drug-likeness (QED) is 0.485. The normalized spacial score (nSPS) is 15.1. The van der Waals surface area contributed by atoms with Crippen LogP contribution in [0.4, 0.5) is 5.69 Å². The first-order valence-corrected chi connectivity index (χ1v) is 11.1. The number of hydrogen-bond donors (Lipinski definition) is 0. The number of benzene rings is 2. The Morgan fingerprint density at radius 1 is 1.14 bits per heavy atom. The standard InChI is InChI=1S/C21H19BrN4O2S/c1-3-17(27)26-16-8-6-5-7-15(16)18-19(23-21(25-24-18)29-4-2)28-20(26)13-9-11-14(22)12-10-13/h5-12,20H,3-4H2,1-2H3/t20-/m1/s1. The van der Waals surface area contributed by atoms with Crippen molar-refractivity contribution < 1.29 is 9.53 Å². The molecule has 3 aromatic rings. The summed E-state index contributed by atoms with van der Waals surface area (Å²) in [4.78, 5) is 19.3. The molecule has 1 aliphatic rings. The fraction of sp³-hybridized carbons (Fsp3) is 0.238. The van der Waals surface area contributed by atoms with Crippen molar-refractivity contribution >= 4 is 39.3 Å². The van der Waals surface area contributed by atoms with Crippen molar-refractivity contribution in [1.29, 1.82) is 0 Å². The van der Waals surface area contributed by atoms with E-state index in [0.29, 0.717) is 23.2 Å². The fourth-order valence-electron chi connectivity index (χ4n) is 3.19. The van der Waals surface area contributed by atoms with Crippen molar-refractivity contribution in [2.24, 2.45) is 0 Å². The first kappa shape index (κ1) is 19.8. The number of hydrogen-bond acceptors (Lipinski definition) is 6. The lowest BCUT2D eigenvalue weighted by molar-refractivity contribution is -0.120. The first-order chi connectivity index (χ1) is 14.1. The SMILES string of the molecule is CCSc1nnc2c(n1)O[C@H](c1ccc(Br)cc1)N(C(=O)CC)c1ccccc1-2. The van der Waals surface area contributed by atoms with E-state index in [9.17, 15) is 4.79 Å². The number of rotatable bonds is 4. The Bertz CT molecular complexity index is 1050. The van der Waals surface area contributed by atoms with Crippen LogP contribution in [-0.2, 0) is 4.79 Å². The molecule has 6 nitrogen and oxygen atoms in total. The lowest BCUT2D eigenvalue weighted by Crippen LogP contribution is -2.37. The topological polar surface area (TPSA) is 68.2 Å². The monoisotopic (exact) mass is 470 g/mol. The van der Waals surface area contributed by atoms with E-state index < -0.39 is 6.23 Å². The fourth-order valence-corrected chi connectivity index (χ4v) is 3.96. The lowest BCUT2D eigenvalue weighted by atomic mass is 10.1. The van der Waals surface area contributed by atoms with Gasteiger partial charge in [-0.2, -0.15) is 4.98 Å². The molecule has 1 amide bonds. The summed E-state index contributed by atoms with van der Waals surface area (Å²) < 4.78 is 7.30. The van der Waals surface area contributed by atoms with Gasteiger partial charge in [0.15, 0.2) is 5.69 Å². The summed E-state index contributed by atoms with van der Waals surface area (Å²) in [6, 6.07) is 15.4. The number of nitrogens with zero attached hydrogens (tertiary/aromatic N) is 4. The average molecular weight is 471 g/mol. The highest BCUT2D eigenvalue weighted by Gasteiger charge is 2.35. The van der Waals surface area contributed by atoms with Crippen LogP contribution in [0.3, 0.4) is 0 Å². The number of fused-ring (bicyclic) bond motifs is 3. The third-order valence-electron chi connectivity index (χ3n) is 4.51. The Hall–Kier alpha value is -2.45. The number of amides is 1. The van der Waals surface area contributed by atoms with Crippen LogP contribution in [0.1, 0.15) is 32.1 Å². The van der Waals surface area contributed by atoms with Gasteiger partial charge >= 0.3 is 0 Å². The largest absolute Gasteiger partial charge is 0.447 e. The van der Waals surface area contributed by atoms with Gasteiger partial charge in [0, 0.05) is 22.0 Å². The minimum absolute atomic E-state index is 0.0470. The molecule has 0 spiro atoms. The van der Waals surface area contributed by atoms with Crippen molar-refractivity contribution in [1.82, 2.24) is 15.2 Å². The molecule has 2 aromatic carbocycles. The minimum Gasteiger partial charge on any atom is -0.447 e. The smallest absolute Gasteiger partial charge is 0.247 e. The highest BCUT2D eigenvalue weighted by molar-refractivity contribution is 9.10. The molecule has 4 rings (SSSR count). The van der Waals surface area contributed by atoms with E-state index in [1.165, 1.54) is 11.8 Å². The molecule has 8 heteroatoms. The summed E-state index contributed by atoms with van der Waals surface area (Å²) in [6.07, 6.45) is -0.314. The predicted molar refractivity (Wildman–Crippen MR) is 117 cm³/mol. The zero-order chi connectivity index (χ0) is 20.4. The van der Waals surface area contributed by atoms with Gasteiger partial charge in [-0.15, -0.1) is 10.2 Å². The van der Waals surface area contributed by atoms with Crippen molar-refractivity contribution in [3.63, 3.8) is 0 Å². The van der Waals surface area contributed by atoms with E-state index >= 15 is 0 Å². The summed E-state index contributed by atoms with van der Waals surface area (Å²) in [5.41, 5.74) is 2.89. The molecular weight excluding hydrogens is 452 g/mol. The molecule has 0 aliphatic carbocycles. The van der Waals surface area contributed by atoms with Crippen LogP contribution in [0.25, 0.3) is 11.3 Å². The number of anilines is 1. The van der Waals surface area contributed by atoms with E-state index in [-0.39, 0.29) is 5.91 Å². The molecule has 29 heavy (non-hydrogen) atoms. The highest BCUT2D eigenvalue weighted by Crippen LogP contribution is 2.43. The molecular formula is C21H19BrN4O2S. The second-order valence-electron chi connectivity index (χ2n) is 6.34. The number of carbonyl (C=O) groups is 1. The second-order valence-corrected chi connectivity index (χ2v) is 8.48. The Labute approximate surface area is 181 Å². The molecule has 1 aliphatic heterocycles. The lowest BCUT2D eigenvalue weighted by Gasteiger charge is -2.30. The summed E-state index contributed by atoms with van der Waals surface area (Å²) in [6.45, 7) is 3.87. The van der Waals surface area contributed by atoms with E-state index in [1.807, 2.05) is 62.4 Å². The van der Waals surface area contributed by atoms with Crippen molar-refractivity contribution in [3.05, 3.63) is 58.6 Å². The maximum Gasteiger partial charge on any atom is 0.247 e. The Kier molecular flexibility index (Phi) is 5.82. The third kappa shape index (κ3) is 3.86. The number of thioether (sulfide) groups is 1. The van der Waals surface area contributed by atoms with Crippen LogP contribution in [0.15, 0.2) is 58.2 Å².